The molecular formula is C18H17ClN2. The van der Waals surface area contributed by atoms with Crippen molar-refractivity contribution in [3.8, 4) is 0 Å². The van der Waals surface area contributed by atoms with Crippen molar-refractivity contribution in [3.63, 3.8) is 0 Å². The summed E-state index contributed by atoms with van der Waals surface area (Å²) in [6, 6.07) is 14.9. The van der Waals surface area contributed by atoms with E-state index >= 15 is 0 Å². The van der Waals surface area contributed by atoms with Crippen LogP contribution in [0.1, 0.15) is 11.1 Å². The molecule has 0 unspecified atom stereocenters. The smallest absolute Gasteiger partial charge is 0.0486 e. The third-order valence-corrected chi connectivity index (χ3v) is 4.69. The zero-order valence-electron chi connectivity index (χ0n) is 12.2. The zero-order valence-corrected chi connectivity index (χ0v) is 13.0. The number of nitrogens with zero attached hydrogens (tertiary/aromatic N) is 2. The zero-order chi connectivity index (χ0) is 14.6. The summed E-state index contributed by atoms with van der Waals surface area (Å²) in [5.41, 5.74) is 7.94. The number of halogens is 1. The van der Waals surface area contributed by atoms with E-state index in [-0.39, 0.29) is 0 Å². The molecule has 0 fully saturated rings. The Kier molecular flexibility index (Phi) is 2.84. The average Bonchev–Trinajstić information content (AvgIpc) is 2.84. The number of benzene rings is 2. The minimum Gasteiger partial charge on any atom is -0.344 e. The molecule has 21 heavy (non-hydrogen) atoms. The van der Waals surface area contributed by atoms with E-state index in [0.29, 0.717) is 0 Å². The van der Waals surface area contributed by atoms with E-state index < -0.39 is 0 Å². The fraction of sp³-hybridized carbons (Fsp3) is 0.222. The average molecular weight is 297 g/mol. The van der Waals surface area contributed by atoms with Crippen LogP contribution in [0.5, 0.6) is 0 Å². The van der Waals surface area contributed by atoms with E-state index in [4.69, 9.17) is 11.6 Å². The van der Waals surface area contributed by atoms with Gasteiger partial charge in [-0.3, -0.25) is 4.90 Å². The maximum Gasteiger partial charge on any atom is 0.0486 e. The molecule has 2 aromatic carbocycles. The van der Waals surface area contributed by atoms with Gasteiger partial charge in [0.15, 0.2) is 0 Å². The van der Waals surface area contributed by atoms with E-state index in [9.17, 15) is 0 Å². The normalized spacial score (nSPS) is 17.4. The molecule has 0 amide bonds. The summed E-state index contributed by atoms with van der Waals surface area (Å²) in [5.74, 6) is 0. The molecule has 3 heteroatoms. The number of likely N-dealkylation sites (N-methyl/N-ethyl adjacent to an activating group) is 1. The second-order valence-electron chi connectivity index (χ2n) is 5.87. The summed E-state index contributed by atoms with van der Waals surface area (Å²) in [6.07, 6.45) is 0. The fourth-order valence-electron chi connectivity index (χ4n) is 3.48. The lowest BCUT2D eigenvalue weighted by atomic mass is 9.97. The monoisotopic (exact) mass is 296 g/mol. The van der Waals surface area contributed by atoms with Crippen LogP contribution < -0.4 is 4.90 Å². The third kappa shape index (κ3) is 1.90. The van der Waals surface area contributed by atoms with Gasteiger partial charge in [-0.05, 0) is 42.5 Å². The molecule has 0 spiro atoms. The molecule has 0 saturated carbocycles. The van der Waals surface area contributed by atoms with Crippen LogP contribution in [0.25, 0.3) is 11.1 Å². The molecule has 0 N–H and O–H groups in total. The molecule has 106 valence electrons. The van der Waals surface area contributed by atoms with Gasteiger partial charge in [-0.15, -0.1) is 0 Å². The number of rotatable bonds is 0. The Balaban J connectivity index is 2.06. The van der Waals surface area contributed by atoms with E-state index in [1.807, 2.05) is 6.07 Å². The Morgan fingerprint density at radius 3 is 2.33 bits per heavy atom. The van der Waals surface area contributed by atoms with Gasteiger partial charge >= 0.3 is 0 Å². The molecule has 2 heterocycles. The largest absolute Gasteiger partial charge is 0.344 e. The Hall–Kier alpha value is -1.77. The summed E-state index contributed by atoms with van der Waals surface area (Å²) >= 11 is 6.26. The van der Waals surface area contributed by atoms with Crippen molar-refractivity contribution in [3.05, 3.63) is 58.6 Å². The van der Waals surface area contributed by atoms with E-state index in [1.165, 1.54) is 33.6 Å². The van der Waals surface area contributed by atoms with Crippen LogP contribution in [0.3, 0.4) is 0 Å². The quantitative estimate of drug-likeness (QED) is 0.716. The Morgan fingerprint density at radius 2 is 1.52 bits per heavy atom. The van der Waals surface area contributed by atoms with Gasteiger partial charge in [-0.2, -0.15) is 0 Å². The predicted octanol–water partition coefficient (Wildman–Crippen LogP) is 4.28. The van der Waals surface area contributed by atoms with Gasteiger partial charge < -0.3 is 4.90 Å². The Morgan fingerprint density at radius 1 is 0.857 bits per heavy atom. The molecule has 0 aliphatic carbocycles. The third-order valence-electron chi connectivity index (χ3n) is 4.46. The van der Waals surface area contributed by atoms with Crippen molar-refractivity contribution in [1.82, 2.24) is 4.90 Å². The lowest BCUT2D eigenvalue weighted by Gasteiger charge is -2.24. The highest BCUT2D eigenvalue weighted by Crippen LogP contribution is 2.45. The number of hydrogen-bond acceptors (Lipinski definition) is 2. The number of hydrogen-bond donors (Lipinski definition) is 0. The van der Waals surface area contributed by atoms with Crippen molar-refractivity contribution in [1.29, 1.82) is 0 Å². The summed E-state index contributed by atoms with van der Waals surface area (Å²) in [5, 5.41) is 0.800. The second kappa shape index (κ2) is 4.62. The van der Waals surface area contributed by atoms with E-state index in [1.54, 1.807) is 0 Å². The minimum absolute atomic E-state index is 0.800. The number of fused-ring (bicyclic) bond motifs is 4. The minimum atomic E-state index is 0.800. The molecule has 0 atom stereocenters. The van der Waals surface area contributed by atoms with Crippen LogP contribution in [0, 0.1) is 0 Å². The van der Waals surface area contributed by atoms with Gasteiger partial charge in [0.2, 0.25) is 0 Å². The highest BCUT2D eigenvalue weighted by Gasteiger charge is 2.29. The maximum absolute atomic E-state index is 6.26. The van der Waals surface area contributed by atoms with Crippen LogP contribution in [-0.4, -0.2) is 32.1 Å². The van der Waals surface area contributed by atoms with Crippen molar-refractivity contribution in [2.75, 3.05) is 32.1 Å². The topological polar surface area (TPSA) is 6.48 Å². The first-order valence-corrected chi connectivity index (χ1v) is 7.56. The number of anilines is 2. The highest BCUT2D eigenvalue weighted by molar-refractivity contribution is 6.31. The molecular weight excluding hydrogens is 280 g/mol. The molecule has 2 aliphatic heterocycles. The SMILES string of the molecule is CN1CC2=C(C1)c1cc(Cl)ccc1N(C)c1ccccc12. The first-order chi connectivity index (χ1) is 10.1. The highest BCUT2D eigenvalue weighted by atomic mass is 35.5. The van der Waals surface area contributed by atoms with Crippen LogP contribution in [0.4, 0.5) is 11.4 Å². The summed E-state index contributed by atoms with van der Waals surface area (Å²) in [6.45, 7) is 1.97. The van der Waals surface area contributed by atoms with Crippen LogP contribution in [0.15, 0.2) is 42.5 Å². The fourth-order valence-corrected chi connectivity index (χ4v) is 3.65. The summed E-state index contributed by atoms with van der Waals surface area (Å²) in [7, 11) is 4.31. The van der Waals surface area contributed by atoms with Crippen molar-refractivity contribution < 1.29 is 0 Å². The van der Waals surface area contributed by atoms with Gasteiger partial charge in [0.1, 0.15) is 0 Å². The predicted molar refractivity (Wildman–Crippen MR) is 90.3 cm³/mol. The molecule has 0 bridgehead atoms. The van der Waals surface area contributed by atoms with Gasteiger partial charge in [0, 0.05) is 47.7 Å². The Bertz CT molecular complexity index is 764. The lowest BCUT2D eigenvalue weighted by Crippen LogP contribution is -2.17. The molecule has 0 saturated heterocycles. The maximum atomic E-state index is 6.26. The van der Waals surface area contributed by atoms with Crippen molar-refractivity contribution >= 4 is 34.1 Å². The van der Waals surface area contributed by atoms with Crippen LogP contribution in [0.2, 0.25) is 5.02 Å². The number of para-hydroxylation sites is 1. The van der Waals surface area contributed by atoms with Gasteiger partial charge in [0.25, 0.3) is 0 Å². The summed E-state index contributed by atoms with van der Waals surface area (Å²) in [4.78, 5) is 4.64. The van der Waals surface area contributed by atoms with Gasteiger partial charge in [-0.1, -0.05) is 29.8 Å². The van der Waals surface area contributed by atoms with Crippen molar-refractivity contribution in [2.45, 2.75) is 0 Å². The van der Waals surface area contributed by atoms with Gasteiger partial charge in [0.05, 0.1) is 0 Å². The molecule has 2 aliphatic rings. The lowest BCUT2D eigenvalue weighted by molar-refractivity contribution is 0.442. The summed E-state index contributed by atoms with van der Waals surface area (Å²) < 4.78 is 0. The second-order valence-corrected chi connectivity index (χ2v) is 6.30. The van der Waals surface area contributed by atoms with E-state index in [2.05, 4.69) is 60.3 Å². The molecule has 2 nitrogen and oxygen atoms in total. The van der Waals surface area contributed by atoms with Crippen LogP contribution >= 0.6 is 11.6 Å². The molecule has 2 aromatic rings. The first-order valence-electron chi connectivity index (χ1n) is 7.19. The van der Waals surface area contributed by atoms with E-state index in [0.717, 1.165) is 18.1 Å². The first kappa shape index (κ1) is 12.9. The molecule has 0 aromatic heterocycles. The Labute approximate surface area is 130 Å². The molecule has 0 radical (unpaired) electrons. The van der Waals surface area contributed by atoms with Crippen molar-refractivity contribution in [2.24, 2.45) is 0 Å². The molecule has 4 rings (SSSR count). The van der Waals surface area contributed by atoms with Crippen LogP contribution in [-0.2, 0) is 0 Å². The van der Waals surface area contributed by atoms with Gasteiger partial charge in [-0.25, -0.2) is 0 Å². The standard InChI is InChI=1S/C18H17ClN2/c1-20-10-15-13-5-3-4-6-17(13)21(2)18-8-7-12(19)9-14(18)16(15)11-20/h3-9H,10-11H2,1-2H3.